The normalized spacial score (nSPS) is 24.6. The minimum Gasteiger partial charge on any atom is -0.353 e. The van der Waals surface area contributed by atoms with Crippen LogP contribution >= 0.6 is 0 Å². The second-order valence-electron chi connectivity index (χ2n) is 7.80. The number of carbonyl (C=O) groups excluding carboxylic acids is 2. The van der Waals surface area contributed by atoms with Gasteiger partial charge in [0.15, 0.2) is 0 Å². The molecule has 0 unspecified atom stereocenters. The number of benzene rings is 1. The van der Waals surface area contributed by atoms with Crippen molar-refractivity contribution in [3.05, 3.63) is 29.3 Å². The van der Waals surface area contributed by atoms with Crippen LogP contribution in [0, 0.1) is 5.92 Å². The maximum atomic E-state index is 12.6. The van der Waals surface area contributed by atoms with Crippen LogP contribution in [0.1, 0.15) is 36.8 Å². The van der Waals surface area contributed by atoms with Gasteiger partial charge in [-0.1, -0.05) is 6.07 Å². The summed E-state index contributed by atoms with van der Waals surface area (Å²) in [5.74, 6) is -0.103. The largest absolute Gasteiger partial charge is 0.353 e. The Balaban J connectivity index is 1.39. The molecule has 0 saturated carbocycles. The summed E-state index contributed by atoms with van der Waals surface area (Å²) in [6, 6.07) is 6.60. The fraction of sp³-hybridized carbons (Fsp3) is 0.600. The summed E-state index contributed by atoms with van der Waals surface area (Å²) in [5, 5.41) is 3.17. The minimum absolute atomic E-state index is 0.0477. The number of rotatable bonds is 3. The fourth-order valence-corrected chi connectivity index (χ4v) is 4.33. The summed E-state index contributed by atoms with van der Waals surface area (Å²) < 4.78 is 0. The van der Waals surface area contributed by atoms with Gasteiger partial charge in [0.05, 0.1) is 5.92 Å². The zero-order chi connectivity index (χ0) is 17.4. The first-order chi connectivity index (χ1) is 12.1. The van der Waals surface area contributed by atoms with Crippen LogP contribution in [0.15, 0.2) is 18.2 Å². The van der Waals surface area contributed by atoms with E-state index in [1.807, 2.05) is 6.07 Å². The molecule has 25 heavy (non-hydrogen) atoms. The molecule has 1 aliphatic carbocycles. The Kier molecular flexibility index (Phi) is 4.50. The number of amides is 2. The van der Waals surface area contributed by atoms with Crippen molar-refractivity contribution in [1.82, 2.24) is 10.2 Å². The predicted octanol–water partition coefficient (Wildman–Crippen LogP) is 1.74. The Bertz CT molecular complexity index is 680. The Labute approximate surface area is 149 Å². The van der Waals surface area contributed by atoms with Gasteiger partial charge in [0.25, 0.3) is 0 Å². The molecule has 2 saturated heterocycles. The third kappa shape index (κ3) is 3.43. The summed E-state index contributed by atoms with van der Waals surface area (Å²) in [4.78, 5) is 29.2. The molecule has 1 aromatic rings. The van der Waals surface area contributed by atoms with E-state index < -0.39 is 0 Å². The van der Waals surface area contributed by atoms with Crippen molar-refractivity contribution in [1.29, 1.82) is 0 Å². The van der Waals surface area contributed by atoms with E-state index in [1.165, 1.54) is 17.5 Å². The molecule has 2 aliphatic heterocycles. The van der Waals surface area contributed by atoms with Crippen LogP contribution in [0.25, 0.3) is 0 Å². The lowest BCUT2D eigenvalue weighted by Crippen LogP contribution is -2.45. The van der Waals surface area contributed by atoms with Gasteiger partial charge < -0.3 is 15.1 Å². The van der Waals surface area contributed by atoms with Crippen molar-refractivity contribution in [3.63, 3.8) is 0 Å². The lowest BCUT2D eigenvalue weighted by atomic mass is 10.0. The van der Waals surface area contributed by atoms with Gasteiger partial charge in [-0.25, -0.2) is 0 Å². The van der Waals surface area contributed by atoms with Crippen LogP contribution in [-0.4, -0.2) is 49.4 Å². The molecule has 1 atom stereocenters. The van der Waals surface area contributed by atoms with E-state index >= 15 is 0 Å². The number of aryl methyl sites for hydroxylation is 2. The van der Waals surface area contributed by atoms with Crippen molar-refractivity contribution >= 4 is 17.5 Å². The van der Waals surface area contributed by atoms with Crippen LogP contribution < -0.4 is 10.2 Å². The summed E-state index contributed by atoms with van der Waals surface area (Å²) >= 11 is 0. The van der Waals surface area contributed by atoms with Crippen molar-refractivity contribution in [3.8, 4) is 0 Å². The number of nitrogens with one attached hydrogen (secondary N) is 1. The molecule has 4 rings (SSSR count). The molecular weight excluding hydrogens is 314 g/mol. The number of hydrogen-bond donors (Lipinski definition) is 1. The Hall–Kier alpha value is -1.88. The molecule has 134 valence electrons. The van der Waals surface area contributed by atoms with E-state index in [0.29, 0.717) is 13.0 Å². The number of likely N-dealkylation sites (tertiary alicyclic amines) is 1. The number of piperidine rings is 1. The molecule has 5 heteroatoms. The highest BCUT2D eigenvalue weighted by atomic mass is 16.2. The third-order valence-electron chi connectivity index (χ3n) is 5.95. The predicted molar refractivity (Wildman–Crippen MR) is 97.6 cm³/mol. The van der Waals surface area contributed by atoms with Gasteiger partial charge in [0.2, 0.25) is 11.8 Å². The molecule has 1 N–H and O–H groups in total. The molecule has 0 bridgehead atoms. The highest BCUT2D eigenvalue weighted by molar-refractivity contribution is 6.00. The second kappa shape index (κ2) is 6.79. The van der Waals surface area contributed by atoms with Crippen LogP contribution in [0.5, 0.6) is 0 Å². The number of hydrogen-bond acceptors (Lipinski definition) is 3. The lowest BCUT2D eigenvalue weighted by molar-refractivity contribution is -0.127. The highest BCUT2D eigenvalue weighted by Crippen LogP contribution is 2.30. The van der Waals surface area contributed by atoms with Crippen LogP contribution in [0.3, 0.4) is 0 Å². The first-order valence-corrected chi connectivity index (χ1v) is 9.51. The lowest BCUT2D eigenvalue weighted by Gasteiger charge is -2.30. The smallest absolute Gasteiger partial charge is 0.227 e. The first kappa shape index (κ1) is 16.6. The second-order valence-corrected chi connectivity index (χ2v) is 7.80. The van der Waals surface area contributed by atoms with Gasteiger partial charge >= 0.3 is 0 Å². The van der Waals surface area contributed by atoms with Gasteiger partial charge in [-0.2, -0.15) is 0 Å². The van der Waals surface area contributed by atoms with E-state index in [-0.39, 0.29) is 23.8 Å². The molecule has 0 radical (unpaired) electrons. The molecular formula is C20H27N3O2. The van der Waals surface area contributed by atoms with Gasteiger partial charge in [-0.05, 0) is 75.5 Å². The average molecular weight is 341 g/mol. The summed E-state index contributed by atoms with van der Waals surface area (Å²) in [5.41, 5.74) is 3.73. The van der Waals surface area contributed by atoms with E-state index in [0.717, 1.165) is 44.5 Å². The first-order valence-electron chi connectivity index (χ1n) is 9.51. The van der Waals surface area contributed by atoms with Gasteiger partial charge in [0.1, 0.15) is 0 Å². The van der Waals surface area contributed by atoms with Crippen molar-refractivity contribution in [2.75, 3.05) is 31.6 Å². The summed E-state index contributed by atoms with van der Waals surface area (Å²) in [7, 11) is 2.11. The topological polar surface area (TPSA) is 52.7 Å². The number of fused-ring (bicyclic) bond motifs is 1. The zero-order valence-corrected chi connectivity index (χ0v) is 15.0. The Morgan fingerprint density at radius 3 is 2.72 bits per heavy atom. The molecule has 2 fully saturated rings. The fourth-order valence-electron chi connectivity index (χ4n) is 4.33. The SMILES string of the molecule is CN1CCC(NC(=O)[C@@H]2CC(=O)N(c3ccc4c(c3)CCC4)C2)CC1. The van der Waals surface area contributed by atoms with E-state index in [4.69, 9.17) is 0 Å². The third-order valence-corrected chi connectivity index (χ3v) is 5.95. The van der Waals surface area contributed by atoms with Crippen LogP contribution in [-0.2, 0) is 22.4 Å². The quantitative estimate of drug-likeness (QED) is 0.911. The van der Waals surface area contributed by atoms with Gasteiger partial charge in [-0.3, -0.25) is 9.59 Å². The Morgan fingerprint density at radius 1 is 1.16 bits per heavy atom. The molecule has 5 nitrogen and oxygen atoms in total. The van der Waals surface area contributed by atoms with E-state index in [2.05, 4.69) is 29.4 Å². The van der Waals surface area contributed by atoms with Gasteiger partial charge in [-0.15, -0.1) is 0 Å². The molecule has 3 aliphatic rings. The van der Waals surface area contributed by atoms with E-state index in [9.17, 15) is 9.59 Å². The number of anilines is 1. The average Bonchev–Trinajstić information content (AvgIpc) is 3.22. The van der Waals surface area contributed by atoms with E-state index in [1.54, 1.807) is 4.90 Å². The summed E-state index contributed by atoms with van der Waals surface area (Å²) in [6.07, 6.45) is 5.77. The van der Waals surface area contributed by atoms with Crippen LogP contribution in [0.2, 0.25) is 0 Å². The summed E-state index contributed by atoms with van der Waals surface area (Å²) in [6.45, 7) is 2.56. The number of nitrogens with zero attached hydrogens (tertiary/aromatic N) is 2. The maximum absolute atomic E-state index is 12.6. The molecule has 0 aromatic heterocycles. The van der Waals surface area contributed by atoms with Gasteiger partial charge in [0, 0.05) is 24.7 Å². The zero-order valence-electron chi connectivity index (χ0n) is 15.0. The highest BCUT2D eigenvalue weighted by Gasteiger charge is 2.36. The molecule has 2 heterocycles. The van der Waals surface area contributed by atoms with Crippen molar-refractivity contribution in [2.24, 2.45) is 5.92 Å². The minimum atomic E-state index is -0.222. The monoisotopic (exact) mass is 341 g/mol. The van der Waals surface area contributed by atoms with Crippen molar-refractivity contribution < 1.29 is 9.59 Å². The Morgan fingerprint density at radius 2 is 1.92 bits per heavy atom. The van der Waals surface area contributed by atoms with Crippen molar-refractivity contribution in [2.45, 2.75) is 44.6 Å². The molecule has 0 spiro atoms. The van der Waals surface area contributed by atoms with Crippen LogP contribution in [0.4, 0.5) is 5.69 Å². The molecule has 2 amide bonds. The molecule has 1 aromatic carbocycles. The number of carbonyl (C=O) groups is 2. The standard InChI is InChI=1S/C20H27N3O2/c1-22-9-7-17(8-10-22)21-20(25)16-12-19(24)23(13-16)18-6-5-14-3-2-4-15(14)11-18/h5-6,11,16-17H,2-4,7-10,12-13H2,1H3,(H,21,25)/t16-/m1/s1. The maximum Gasteiger partial charge on any atom is 0.227 e.